The fourth-order valence-corrected chi connectivity index (χ4v) is 1.99. The van der Waals surface area contributed by atoms with Crippen molar-refractivity contribution in [2.45, 2.75) is 45.3 Å². The molecular formula is C11H23N3O. The molecule has 1 rings (SSSR count). The predicted molar refractivity (Wildman–Crippen MR) is 61.5 cm³/mol. The van der Waals surface area contributed by atoms with Gasteiger partial charge in [0.2, 0.25) is 5.91 Å². The summed E-state index contributed by atoms with van der Waals surface area (Å²) in [5.41, 5.74) is 5.77. The second-order valence-electron chi connectivity index (χ2n) is 4.62. The van der Waals surface area contributed by atoms with Crippen LogP contribution in [0.25, 0.3) is 0 Å². The van der Waals surface area contributed by atoms with Crippen LogP contribution >= 0.6 is 0 Å². The lowest BCUT2D eigenvalue weighted by Crippen LogP contribution is -2.59. The van der Waals surface area contributed by atoms with Crippen LogP contribution in [-0.4, -0.2) is 54.0 Å². The summed E-state index contributed by atoms with van der Waals surface area (Å²) in [7, 11) is 2.11. The molecule has 0 bridgehead atoms. The van der Waals surface area contributed by atoms with E-state index >= 15 is 0 Å². The summed E-state index contributed by atoms with van der Waals surface area (Å²) in [6.07, 6.45) is 0.716. The van der Waals surface area contributed by atoms with Gasteiger partial charge in [0.1, 0.15) is 0 Å². The van der Waals surface area contributed by atoms with Gasteiger partial charge < -0.3 is 10.6 Å². The quantitative estimate of drug-likeness (QED) is 0.716. The molecule has 0 saturated carbocycles. The molecular weight excluding hydrogens is 190 g/mol. The maximum absolute atomic E-state index is 11.9. The lowest BCUT2D eigenvalue weighted by molar-refractivity contribution is -0.136. The van der Waals surface area contributed by atoms with Crippen molar-refractivity contribution >= 4 is 5.91 Å². The SMILES string of the molecule is CC[C@H](N)C(=O)N1CC(C)N(C)C(C)C1. The summed E-state index contributed by atoms with van der Waals surface area (Å²) in [5.74, 6) is 0.101. The molecule has 2 unspecified atom stereocenters. The van der Waals surface area contributed by atoms with Gasteiger partial charge in [0.05, 0.1) is 6.04 Å². The molecule has 1 saturated heterocycles. The molecule has 4 heteroatoms. The minimum Gasteiger partial charge on any atom is -0.338 e. The number of carbonyl (C=O) groups excluding carboxylic acids is 1. The van der Waals surface area contributed by atoms with Gasteiger partial charge in [-0.2, -0.15) is 0 Å². The molecule has 4 nitrogen and oxygen atoms in total. The van der Waals surface area contributed by atoms with Crippen LogP contribution < -0.4 is 5.73 Å². The molecule has 15 heavy (non-hydrogen) atoms. The minimum atomic E-state index is -0.326. The van der Waals surface area contributed by atoms with Gasteiger partial charge in [-0.15, -0.1) is 0 Å². The third-order valence-corrected chi connectivity index (χ3v) is 3.43. The molecule has 2 N–H and O–H groups in total. The molecule has 0 radical (unpaired) electrons. The Balaban J connectivity index is 2.61. The highest BCUT2D eigenvalue weighted by molar-refractivity contribution is 5.81. The summed E-state index contributed by atoms with van der Waals surface area (Å²) in [4.78, 5) is 16.1. The van der Waals surface area contributed by atoms with Crippen LogP contribution in [0.5, 0.6) is 0 Å². The molecule has 88 valence electrons. The van der Waals surface area contributed by atoms with Crippen LogP contribution in [0.15, 0.2) is 0 Å². The number of hydrogen-bond acceptors (Lipinski definition) is 3. The van der Waals surface area contributed by atoms with E-state index in [4.69, 9.17) is 5.73 Å². The van der Waals surface area contributed by atoms with Crippen LogP contribution in [-0.2, 0) is 4.79 Å². The monoisotopic (exact) mass is 213 g/mol. The van der Waals surface area contributed by atoms with Crippen molar-refractivity contribution in [3.8, 4) is 0 Å². The molecule has 1 heterocycles. The maximum atomic E-state index is 11.9. The zero-order valence-corrected chi connectivity index (χ0v) is 10.2. The number of piperazine rings is 1. The fourth-order valence-electron chi connectivity index (χ4n) is 1.99. The van der Waals surface area contributed by atoms with Gasteiger partial charge in [-0.25, -0.2) is 0 Å². The minimum absolute atomic E-state index is 0.101. The molecule has 3 atom stereocenters. The van der Waals surface area contributed by atoms with Crippen LogP contribution in [0.1, 0.15) is 27.2 Å². The smallest absolute Gasteiger partial charge is 0.239 e. The van der Waals surface area contributed by atoms with Crippen LogP contribution in [0.4, 0.5) is 0 Å². The average molecular weight is 213 g/mol. The third kappa shape index (κ3) is 2.69. The number of carbonyl (C=O) groups is 1. The van der Waals surface area contributed by atoms with Crippen molar-refractivity contribution in [1.82, 2.24) is 9.80 Å². The topological polar surface area (TPSA) is 49.6 Å². The van der Waals surface area contributed by atoms with E-state index in [-0.39, 0.29) is 11.9 Å². The molecule has 1 amide bonds. The summed E-state index contributed by atoms with van der Waals surface area (Å²) < 4.78 is 0. The normalized spacial score (nSPS) is 30.3. The van der Waals surface area contributed by atoms with Gasteiger partial charge in [-0.05, 0) is 27.3 Å². The van der Waals surface area contributed by atoms with E-state index in [0.29, 0.717) is 18.5 Å². The number of nitrogens with two attached hydrogens (primary N) is 1. The second-order valence-corrected chi connectivity index (χ2v) is 4.62. The first kappa shape index (κ1) is 12.5. The zero-order valence-electron chi connectivity index (χ0n) is 10.2. The Hall–Kier alpha value is -0.610. The Labute approximate surface area is 92.4 Å². The number of rotatable bonds is 2. The van der Waals surface area contributed by atoms with Crippen LogP contribution in [0.3, 0.4) is 0 Å². The van der Waals surface area contributed by atoms with E-state index in [1.54, 1.807) is 0 Å². The Morgan fingerprint density at radius 1 is 1.40 bits per heavy atom. The Morgan fingerprint density at radius 2 is 1.87 bits per heavy atom. The highest BCUT2D eigenvalue weighted by atomic mass is 16.2. The highest BCUT2D eigenvalue weighted by Gasteiger charge is 2.30. The molecule has 0 aromatic rings. The summed E-state index contributed by atoms with van der Waals surface area (Å²) in [6.45, 7) is 7.84. The van der Waals surface area contributed by atoms with Crippen molar-refractivity contribution < 1.29 is 4.79 Å². The average Bonchev–Trinajstić information content (AvgIpc) is 2.23. The number of likely N-dealkylation sites (N-methyl/N-ethyl adjacent to an activating group) is 1. The summed E-state index contributed by atoms with van der Waals surface area (Å²) in [6, 6.07) is 0.510. The Morgan fingerprint density at radius 3 is 2.27 bits per heavy atom. The summed E-state index contributed by atoms with van der Waals surface area (Å²) in [5, 5.41) is 0. The van der Waals surface area contributed by atoms with Crippen molar-refractivity contribution in [2.75, 3.05) is 20.1 Å². The van der Waals surface area contributed by atoms with Gasteiger partial charge in [-0.3, -0.25) is 9.69 Å². The number of amides is 1. The van der Waals surface area contributed by atoms with Crippen molar-refractivity contribution in [3.63, 3.8) is 0 Å². The molecule has 1 aliphatic rings. The molecule has 1 fully saturated rings. The molecule has 0 spiro atoms. The number of hydrogen-bond donors (Lipinski definition) is 1. The van der Waals surface area contributed by atoms with E-state index in [0.717, 1.165) is 13.1 Å². The van der Waals surface area contributed by atoms with Gasteiger partial charge in [0.15, 0.2) is 0 Å². The molecule has 0 aromatic carbocycles. The summed E-state index contributed by atoms with van der Waals surface area (Å²) >= 11 is 0. The van der Waals surface area contributed by atoms with Gasteiger partial charge in [-0.1, -0.05) is 6.92 Å². The third-order valence-electron chi connectivity index (χ3n) is 3.43. The molecule has 0 aromatic heterocycles. The maximum Gasteiger partial charge on any atom is 0.239 e. The van der Waals surface area contributed by atoms with Gasteiger partial charge in [0, 0.05) is 25.2 Å². The fraction of sp³-hybridized carbons (Fsp3) is 0.909. The number of nitrogens with zero attached hydrogens (tertiary/aromatic N) is 2. The van der Waals surface area contributed by atoms with Crippen molar-refractivity contribution in [3.05, 3.63) is 0 Å². The van der Waals surface area contributed by atoms with E-state index < -0.39 is 0 Å². The van der Waals surface area contributed by atoms with E-state index in [1.807, 2.05) is 11.8 Å². The largest absolute Gasteiger partial charge is 0.338 e. The first-order valence-electron chi connectivity index (χ1n) is 5.73. The Kier molecular flexibility index (Phi) is 4.11. The standard InChI is InChI=1S/C11H23N3O/c1-5-10(12)11(15)14-6-8(2)13(4)9(3)7-14/h8-10H,5-7,12H2,1-4H3/t8?,9?,10-/m0/s1. The molecule has 1 aliphatic heterocycles. The molecule has 0 aliphatic carbocycles. The predicted octanol–water partition coefficient (Wildman–Crippen LogP) is 0.275. The van der Waals surface area contributed by atoms with Crippen LogP contribution in [0.2, 0.25) is 0 Å². The van der Waals surface area contributed by atoms with Crippen molar-refractivity contribution in [1.29, 1.82) is 0 Å². The van der Waals surface area contributed by atoms with E-state index in [9.17, 15) is 4.79 Å². The lowest BCUT2D eigenvalue weighted by Gasteiger charge is -2.43. The second kappa shape index (κ2) is 4.94. The van der Waals surface area contributed by atoms with Crippen LogP contribution in [0, 0.1) is 0 Å². The van der Waals surface area contributed by atoms with E-state index in [1.165, 1.54) is 0 Å². The highest BCUT2D eigenvalue weighted by Crippen LogP contribution is 2.14. The van der Waals surface area contributed by atoms with Crippen molar-refractivity contribution in [2.24, 2.45) is 5.73 Å². The van der Waals surface area contributed by atoms with E-state index in [2.05, 4.69) is 25.8 Å². The van der Waals surface area contributed by atoms with Gasteiger partial charge in [0.25, 0.3) is 0 Å². The van der Waals surface area contributed by atoms with Gasteiger partial charge >= 0.3 is 0 Å². The first-order chi connectivity index (χ1) is 6.97. The first-order valence-corrected chi connectivity index (χ1v) is 5.73. The lowest BCUT2D eigenvalue weighted by atomic mass is 10.1. The Bertz CT molecular complexity index is 220. The zero-order chi connectivity index (χ0) is 11.6.